The van der Waals surface area contributed by atoms with Gasteiger partial charge in [-0.15, -0.1) is 0 Å². The Kier molecular flexibility index (Phi) is 9.06. The predicted molar refractivity (Wildman–Crippen MR) is 125 cm³/mol. The normalized spacial score (nSPS) is 15.3. The predicted octanol–water partition coefficient (Wildman–Crippen LogP) is 2.53. The smallest absolute Gasteiger partial charge is 0.274 e. The number of nitrogens with one attached hydrogen (secondary N) is 1. The summed E-state index contributed by atoms with van der Waals surface area (Å²) in [5.41, 5.74) is 0.231. The van der Waals surface area contributed by atoms with Crippen molar-refractivity contribution in [3.8, 4) is 0 Å². The average Bonchev–Trinajstić information content (AvgIpc) is 2.72. The van der Waals surface area contributed by atoms with Gasteiger partial charge in [-0.2, -0.15) is 0 Å². The number of carbonyl (C=O) groups excluding carboxylic acids is 2. The number of hydrogen-bond donors (Lipinski definition) is 1. The number of rotatable bonds is 9. The monoisotopic (exact) mass is 452 g/mol. The minimum absolute atomic E-state index is 0.00214. The Hall–Kier alpha value is -1.93. The van der Waals surface area contributed by atoms with Crippen molar-refractivity contribution in [3.05, 3.63) is 16.9 Å². The first-order chi connectivity index (χ1) is 14.6. The van der Waals surface area contributed by atoms with Gasteiger partial charge in [0, 0.05) is 45.2 Å². The fourth-order valence-corrected chi connectivity index (χ4v) is 4.22. The van der Waals surface area contributed by atoms with Crippen LogP contribution in [0.3, 0.4) is 0 Å². The minimum atomic E-state index is -0.202. The first-order valence-electron chi connectivity index (χ1n) is 11.1. The van der Waals surface area contributed by atoms with Crippen molar-refractivity contribution in [1.29, 1.82) is 0 Å². The molecule has 0 aromatic carbocycles. The third-order valence-corrected chi connectivity index (χ3v) is 5.90. The summed E-state index contributed by atoms with van der Waals surface area (Å²) in [7, 11) is 4.07. The number of piperidine rings is 1. The summed E-state index contributed by atoms with van der Waals surface area (Å²) in [6, 6.07) is 0. The van der Waals surface area contributed by atoms with Crippen LogP contribution in [0.15, 0.2) is 6.20 Å². The van der Waals surface area contributed by atoms with E-state index in [-0.39, 0.29) is 33.9 Å². The molecule has 1 aliphatic rings. The molecule has 9 heteroatoms. The van der Waals surface area contributed by atoms with Crippen LogP contribution in [-0.2, 0) is 4.79 Å². The highest BCUT2D eigenvalue weighted by atomic mass is 35.5. The molecule has 1 N–H and O–H groups in total. The van der Waals surface area contributed by atoms with E-state index in [9.17, 15) is 9.59 Å². The van der Waals surface area contributed by atoms with E-state index in [1.165, 1.54) is 6.20 Å². The summed E-state index contributed by atoms with van der Waals surface area (Å²) in [6.07, 6.45) is 2.76. The summed E-state index contributed by atoms with van der Waals surface area (Å²) in [4.78, 5) is 40.2. The molecule has 1 saturated heterocycles. The second-order valence-electron chi connectivity index (χ2n) is 9.23. The van der Waals surface area contributed by atoms with Gasteiger partial charge in [-0.25, -0.2) is 9.97 Å². The lowest BCUT2D eigenvalue weighted by Gasteiger charge is -2.33. The molecule has 1 fully saturated rings. The van der Waals surface area contributed by atoms with Gasteiger partial charge in [-0.1, -0.05) is 25.4 Å². The van der Waals surface area contributed by atoms with Gasteiger partial charge in [0.15, 0.2) is 5.69 Å². The molecule has 0 saturated carbocycles. The maximum absolute atomic E-state index is 13.0. The molecular weight excluding hydrogens is 416 g/mol. The summed E-state index contributed by atoms with van der Waals surface area (Å²) < 4.78 is 0. The number of carbonyl (C=O) groups is 2. The van der Waals surface area contributed by atoms with Crippen LogP contribution < -0.4 is 10.2 Å². The Labute approximate surface area is 191 Å². The van der Waals surface area contributed by atoms with E-state index in [1.807, 2.05) is 32.8 Å². The van der Waals surface area contributed by atoms with Crippen LogP contribution in [0.1, 0.15) is 51.0 Å². The fourth-order valence-electron chi connectivity index (χ4n) is 4.04. The third-order valence-electron chi connectivity index (χ3n) is 5.62. The van der Waals surface area contributed by atoms with Crippen LogP contribution in [0.2, 0.25) is 5.02 Å². The van der Waals surface area contributed by atoms with Crippen LogP contribution in [-0.4, -0.2) is 84.9 Å². The topological polar surface area (TPSA) is 81.7 Å². The van der Waals surface area contributed by atoms with Gasteiger partial charge in [0.2, 0.25) is 11.9 Å². The summed E-state index contributed by atoms with van der Waals surface area (Å²) in [5, 5.41) is 3.35. The van der Waals surface area contributed by atoms with Crippen molar-refractivity contribution in [2.45, 2.75) is 40.5 Å². The van der Waals surface area contributed by atoms with Crippen molar-refractivity contribution in [2.75, 3.05) is 58.3 Å². The highest BCUT2D eigenvalue weighted by Gasteiger charge is 2.30. The Morgan fingerprint density at radius 2 is 1.84 bits per heavy atom. The van der Waals surface area contributed by atoms with E-state index in [2.05, 4.69) is 34.0 Å². The zero-order valence-electron chi connectivity index (χ0n) is 19.7. The average molecular weight is 453 g/mol. The van der Waals surface area contributed by atoms with E-state index < -0.39 is 0 Å². The zero-order chi connectivity index (χ0) is 23.2. The van der Waals surface area contributed by atoms with E-state index in [4.69, 9.17) is 11.6 Å². The zero-order valence-corrected chi connectivity index (χ0v) is 20.5. The van der Waals surface area contributed by atoms with Gasteiger partial charge >= 0.3 is 0 Å². The largest absolute Gasteiger partial charge is 0.355 e. The SMILES string of the molecule is CCN(CC)c1ncc(Cl)c(C(=O)N2CCC(C(=O)NCC(C)(C)CN(C)C)CC2)n1. The Bertz CT molecular complexity index is 758. The van der Waals surface area contributed by atoms with Crippen LogP contribution in [0.5, 0.6) is 0 Å². The maximum atomic E-state index is 13.0. The second-order valence-corrected chi connectivity index (χ2v) is 9.63. The molecular formula is C22H37ClN6O2. The summed E-state index contributed by atoms with van der Waals surface area (Å²) in [6.45, 7) is 12.4. The molecule has 174 valence electrons. The van der Waals surface area contributed by atoms with Gasteiger partial charge < -0.3 is 20.0 Å². The number of nitrogens with zero attached hydrogens (tertiary/aromatic N) is 5. The highest BCUT2D eigenvalue weighted by molar-refractivity contribution is 6.33. The van der Waals surface area contributed by atoms with Crippen molar-refractivity contribution in [1.82, 2.24) is 25.1 Å². The fraction of sp³-hybridized carbons (Fsp3) is 0.727. The van der Waals surface area contributed by atoms with E-state index in [0.29, 0.717) is 38.4 Å². The Morgan fingerprint density at radius 1 is 1.23 bits per heavy atom. The van der Waals surface area contributed by atoms with E-state index in [0.717, 1.165) is 19.6 Å². The van der Waals surface area contributed by atoms with Crippen molar-refractivity contribution < 1.29 is 9.59 Å². The number of aromatic nitrogens is 2. The molecule has 0 bridgehead atoms. The van der Waals surface area contributed by atoms with Crippen molar-refractivity contribution in [2.24, 2.45) is 11.3 Å². The number of hydrogen-bond acceptors (Lipinski definition) is 6. The molecule has 0 spiro atoms. The second kappa shape index (κ2) is 11.1. The summed E-state index contributed by atoms with van der Waals surface area (Å²) in [5.74, 6) is 0.299. The van der Waals surface area contributed by atoms with Crippen LogP contribution in [0.4, 0.5) is 5.95 Å². The molecule has 2 rings (SSSR count). The summed E-state index contributed by atoms with van der Waals surface area (Å²) >= 11 is 6.24. The highest BCUT2D eigenvalue weighted by Crippen LogP contribution is 2.23. The van der Waals surface area contributed by atoms with Crippen LogP contribution >= 0.6 is 11.6 Å². The van der Waals surface area contributed by atoms with Gasteiger partial charge in [0.25, 0.3) is 5.91 Å². The molecule has 1 aromatic heterocycles. The molecule has 0 aliphatic carbocycles. The minimum Gasteiger partial charge on any atom is -0.355 e. The number of likely N-dealkylation sites (tertiary alicyclic amines) is 1. The molecule has 0 radical (unpaired) electrons. The van der Waals surface area contributed by atoms with E-state index in [1.54, 1.807) is 4.90 Å². The number of anilines is 1. The molecule has 0 atom stereocenters. The van der Waals surface area contributed by atoms with Gasteiger partial charge in [-0.05, 0) is 46.2 Å². The molecule has 8 nitrogen and oxygen atoms in total. The van der Waals surface area contributed by atoms with Crippen molar-refractivity contribution in [3.63, 3.8) is 0 Å². The number of amides is 2. The standard InChI is InChI=1S/C22H37ClN6O2/c1-7-28(8-2)21-24-13-17(23)18(26-21)20(31)29-11-9-16(10-12-29)19(30)25-14-22(3,4)15-27(5)6/h13,16H,7-12,14-15H2,1-6H3,(H,25,30). The first kappa shape index (κ1) is 25.3. The maximum Gasteiger partial charge on any atom is 0.274 e. The lowest BCUT2D eigenvalue weighted by Crippen LogP contribution is -2.46. The third kappa shape index (κ3) is 7.04. The number of halogens is 1. The first-order valence-corrected chi connectivity index (χ1v) is 11.4. The van der Waals surface area contributed by atoms with Crippen molar-refractivity contribution >= 4 is 29.4 Å². The molecule has 0 unspecified atom stereocenters. The van der Waals surface area contributed by atoms with Crippen LogP contribution in [0.25, 0.3) is 0 Å². The molecule has 1 aromatic rings. The van der Waals surface area contributed by atoms with E-state index >= 15 is 0 Å². The lowest BCUT2D eigenvalue weighted by molar-refractivity contribution is -0.126. The lowest BCUT2D eigenvalue weighted by atomic mass is 9.91. The quantitative estimate of drug-likeness (QED) is 0.620. The Balaban J connectivity index is 1.94. The molecule has 31 heavy (non-hydrogen) atoms. The van der Waals surface area contributed by atoms with Gasteiger partial charge in [0.05, 0.1) is 11.2 Å². The van der Waals surface area contributed by atoms with Gasteiger partial charge in [0.1, 0.15) is 0 Å². The van der Waals surface area contributed by atoms with Gasteiger partial charge in [-0.3, -0.25) is 9.59 Å². The van der Waals surface area contributed by atoms with Crippen LogP contribution in [0, 0.1) is 11.3 Å². The molecule has 2 heterocycles. The molecule has 2 amide bonds. The Morgan fingerprint density at radius 3 is 2.39 bits per heavy atom. The molecule has 1 aliphatic heterocycles.